The Morgan fingerprint density at radius 1 is 0.800 bits per heavy atom. The van der Waals surface area contributed by atoms with Crippen LogP contribution in [-0.4, -0.2) is 43.8 Å². The first kappa shape index (κ1) is 32.0. The molecule has 8 heteroatoms. The molecule has 0 radical (unpaired) electrons. The monoisotopic (exact) mass is 623 g/mol. The van der Waals surface area contributed by atoms with Crippen LogP contribution in [0.25, 0.3) is 0 Å². The van der Waals surface area contributed by atoms with Crippen LogP contribution in [0.1, 0.15) is 47.9 Å². The lowest BCUT2D eigenvalue weighted by Crippen LogP contribution is -2.54. The van der Waals surface area contributed by atoms with E-state index in [1.54, 1.807) is 59.5 Å². The smallest absolute Gasteiger partial charge is 0.264 e. The van der Waals surface area contributed by atoms with Gasteiger partial charge in [0.2, 0.25) is 11.8 Å². The lowest BCUT2D eigenvalue weighted by atomic mass is 10.0. The first-order valence-electron chi connectivity index (χ1n) is 15.5. The van der Waals surface area contributed by atoms with Gasteiger partial charge in [-0.25, -0.2) is 8.42 Å². The van der Waals surface area contributed by atoms with Gasteiger partial charge >= 0.3 is 0 Å². The summed E-state index contributed by atoms with van der Waals surface area (Å²) in [5.41, 5.74) is 4.09. The van der Waals surface area contributed by atoms with Crippen LogP contribution in [0, 0.1) is 13.8 Å². The largest absolute Gasteiger partial charge is 0.352 e. The number of carbonyl (C=O) groups excluding carboxylic acids is 2. The summed E-state index contributed by atoms with van der Waals surface area (Å²) in [4.78, 5) is 30.3. The zero-order chi connectivity index (χ0) is 31.8. The van der Waals surface area contributed by atoms with E-state index < -0.39 is 28.5 Å². The van der Waals surface area contributed by atoms with Crippen LogP contribution in [0.2, 0.25) is 0 Å². The summed E-state index contributed by atoms with van der Waals surface area (Å²) in [6.07, 6.45) is 4.23. The zero-order valence-corrected chi connectivity index (χ0v) is 26.7. The molecule has 1 aliphatic rings. The third-order valence-electron chi connectivity index (χ3n) is 8.51. The quantitative estimate of drug-likeness (QED) is 0.204. The molecule has 5 rings (SSSR count). The fourth-order valence-electron chi connectivity index (χ4n) is 5.85. The Bertz CT molecular complexity index is 1690. The van der Waals surface area contributed by atoms with Crippen molar-refractivity contribution in [1.29, 1.82) is 0 Å². The Hall–Kier alpha value is -4.43. The van der Waals surface area contributed by atoms with Gasteiger partial charge in [-0.1, -0.05) is 103 Å². The van der Waals surface area contributed by atoms with Gasteiger partial charge in [0, 0.05) is 19.0 Å². The molecule has 0 aliphatic heterocycles. The summed E-state index contributed by atoms with van der Waals surface area (Å²) in [5, 5.41) is 3.22. The lowest BCUT2D eigenvalue weighted by molar-refractivity contribution is -0.140. The molecule has 0 aromatic heterocycles. The number of benzene rings is 4. The number of anilines is 1. The summed E-state index contributed by atoms with van der Waals surface area (Å²) in [5.74, 6) is -0.680. The number of nitrogens with one attached hydrogen (secondary N) is 1. The van der Waals surface area contributed by atoms with Gasteiger partial charge in [-0.15, -0.1) is 0 Å². The minimum absolute atomic E-state index is 0.0638. The molecule has 1 atom stereocenters. The van der Waals surface area contributed by atoms with E-state index in [0.29, 0.717) is 12.1 Å². The Balaban J connectivity index is 1.56. The highest BCUT2D eigenvalue weighted by Gasteiger charge is 2.35. The van der Waals surface area contributed by atoms with E-state index in [0.717, 1.165) is 52.2 Å². The van der Waals surface area contributed by atoms with Crippen LogP contribution in [0.5, 0.6) is 0 Å². The molecule has 7 nitrogen and oxygen atoms in total. The molecule has 0 unspecified atom stereocenters. The van der Waals surface area contributed by atoms with Crippen molar-refractivity contribution in [2.45, 2.75) is 69.5 Å². The number of nitrogens with zero attached hydrogens (tertiary/aromatic N) is 2. The summed E-state index contributed by atoms with van der Waals surface area (Å²) in [7, 11) is -4.12. The molecule has 1 aliphatic carbocycles. The van der Waals surface area contributed by atoms with Crippen molar-refractivity contribution < 1.29 is 18.0 Å². The van der Waals surface area contributed by atoms with E-state index >= 15 is 0 Å². The lowest BCUT2D eigenvalue weighted by Gasteiger charge is -2.34. The fourth-order valence-corrected chi connectivity index (χ4v) is 7.27. The van der Waals surface area contributed by atoms with Crippen LogP contribution in [0.4, 0.5) is 5.69 Å². The summed E-state index contributed by atoms with van der Waals surface area (Å²) in [6.45, 7) is 3.56. The molecule has 2 amide bonds. The molecule has 1 N–H and O–H groups in total. The molecule has 0 bridgehead atoms. The van der Waals surface area contributed by atoms with Gasteiger partial charge in [0.1, 0.15) is 12.6 Å². The molecule has 0 saturated heterocycles. The number of hydrogen-bond acceptors (Lipinski definition) is 4. The normalized spacial score (nSPS) is 14.1. The maximum atomic E-state index is 14.6. The average molecular weight is 624 g/mol. The minimum Gasteiger partial charge on any atom is -0.352 e. The van der Waals surface area contributed by atoms with Gasteiger partial charge in [0.15, 0.2) is 0 Å². The number of aryl methyl sites for hydroxylation is 2. The highest BCUT2D eigenvalue weighted by molar-refractivity contribution is 7.92. The number of sulfonamides is 1. The van der Waals surface area contributed by atoms with Crippen LogP contribution in [0.15, 0.2) is 114 Å². The fraction of sp³-hybridized carbons (Fsp3) is 0.297. The summed E-state index contributed by atoms with van der Waals surface area (Å²) in [6, 6.07) is 31.9. The molecule has 4 aromatic carbocycles. The van der Waals surface area contributed by atoms with Crippen LogP contribution in [-0.2, 0) is 32.6 Å². The van der Waals surface area contributed by atoms with E-state index in [9.17, 15) is 18.0 Å². The second-order valence-corrected chi connectivity index (χ2v) is 13.7. The van der Waals surface area contributed by atoms with E-state index in [2.05, 4.69) is 5.32 Å². The maximum Gasteiger partial charge on any atom is 0.264 e. The van der Waals surface area contributed by atoms with Gasteiger partial charge in [-0.05, 0) is 67.6 Å². The van der Waals surface area contributed by atoms with Crippen molar-refractivity contribution in [1.82, 2.24) is 10.2 Å². The maximum absolute atomic E-state index is 14.6. The molecule has 4 aromatic rings. The average Bonchev–Trinajstić information content (AvgIpc) is 3.56. The molecule has 234 valence electrons. The van der Waals surface area contributed by atoms with Crippen molar-refractivity contribution in [2.75, 3.05) is 10.8 Å². The highest BCUT2D eigenvalue weighted by atomic mass is 32.2. The van der Waals surface area contributed by atoms with Crippen molar-refractivity contribution in [3.05, 3.63) is 131 Å². The van der Waals surface area contributed by atoms with E-state index in [4.69, 9.17) is 0 Å². The van der Waals surface area contributed by atoms with Crippen molar-refractivity contribution in [3.63, 3.8) is 0 Å². The molecule has 0 spiro atoms. The first-order chi connectivity index (χ1) is 21.7. The topological polar surface area (TPSA) is 86.8 Å². The molecule has 1 saturated carbocycles. The molecular weight excluding hydrogens is 582 g/mol. The van der Waals surface area contributed by atoms with Gasteiger partial charge in [0.05, 0.1) is 10.6 Å². The predicted molar refractivity (Wildman–Crippen MR) is 178 cm³/mol. The molecule has 45 heavy (non-hydrogen) atoms. The van der Waals surface area contributed by atoms with Crippen LogP contribution >= 0.6 is 0 Å². The molecule has 0 heterocycles. The number of carbonyl (C=O) groups is 2. The number of para-hydroxylation sites is 1. The molecule has 1 fully saturated rings. The number of rotatable bonds is 12. The summed E-state index contributed by atoms with van der Waals surface area (Å²) >= 11 is 0. The predicted octanol–water partition coefficient (Wildman–Crippen LogP) is 6.20. The number of hydrogen-bond donors (Lipinski definition) is 1. The first-order valence-corrected chi connectivity index (χ1v) is 17.0. The van der Waals surface area contributed by atoms with Crippen molar-refractivity contribution in [3.8, 4) is 0 Å². The van der Waals surface area contributed by atoms with E-state index in [-0.39, 0.29) is 23.4 Å². The second kappa shape index (κ2) is 14.6. The van der Waals surface area contributed by atoms with Crippen molar-refractivity contribution >= 4 is 27.5 Å². The molecular formula is C37H41N3O4S. The third kappa shape index (κ3) is 8.00. The summed E-state index contributed by atoms with van der Waals surface area (Å²) < 4.78 is 29.4. The Morgan fingerprint density at radius 3 is 2.04 bits per heavy atom. The zero-order valence-electron chi connectivity index (χ0n) is 25.9. The van der Waals surface area contributed by atoms with Gasteiger partial charge in [0.25, 0.3) is 10.0 Å². The Labute approximate surface area is 266 Å². The Morgan fingerprint density at radius 2 is 1.40 bits per heavy atom. The minimum atomic E-state index is -4.12. The second-order valence-electron chi connectivity index (χ2n) is 11.8. The van der Waals surface area contributed by atoms with Crippen molar-refractivity contribution in [2.24, 2.45) is 0 Å². The van der Waals surface area contributed by atoms with Gasteiger partial charge < -0.3 is 10.2 Å². The van der Waals surface area contributed by atoms with Crippen LogP contribution < -0.4 is 9.62 Å². The number of amides is 2. The third-order valence-corrected chi connectivity index (χ3v) is 10.3. The standard InChI is InChI=1S/C37H41N3O4S/c1-28-21-23-34(24-22-28)45(43,44)40(33-19-7-4-8-20-33)27-36(41)39(26-31-16-10-9-13-29(31)2)35(25-30-14-5-3-6-15-30)37(42)38-32-17-11-12-18-32/h3-10,13-16,19-24,32,35H,11-12,17-18,25-27H2,1-2H3,(H,38,42)/t35-/m1/s1. The highest BCUT2D eigenvalue weighted by Crippen LogP contribution is 2.26. The Kier molecular flexibility index (Phi) is 10.4. The van der Waals surface area contributed by atoms with E-state index in [1.807, 2.05) is 68.4 Å². The van der Waals surface area contributed by atoms with Crippen LogP contribution in [0.3, 0.4) is 0 Å². The van der Waals surface area contributed by atoms with Gasteiger partial charge in [-0.2, -0.15) is 0 Å². The van der Waals surface area contributed by atoms with Gasteiger partial charge in [-0.3, -0.25) is 13.9 Å². The van der Waals surface area contributed by atoms with E-state index in [1.165, 1.54) is 0 Å². The SMILES string of the molecule is Cc1ccc(S(=O)(=O)N(CC(=O)N(Cc2ccccc2C)[C@H](Cc2ccccc2)C(=O)NC2CCCC2)c2ccccc2)cc1.